The van der Waals surface area contributed by atoms with Gasteiger partial charge in [-0.15, -0.1) is 0 Å². The minimum atomic E-state index is -4.44. The number of benzene rings is 1. The summed E-state index contributed by atoms with van der Waals surface area (Å²) < 4.78 is 37.2. The Morgan fingerprint density at radius 3 is 2.27 bits per heavy atom. The van der Waals surface area contributed by atoms with Crippen LogP contribution in [0.25, 0.3) is 6.08 Å². The van der Waals surface area contributed by atoms with Gasteiger partial charge in [0.2, 0.25) is 0 Å². The van der Waals surface area contributed by atoms with Crippen molar-refractivity contribution in [2.45, 2.75) is 6.18 Å². The van der Waals surface area contributed by atoms with Gasteiger partial charge in [0.1, 0.15) is 5.75 Å². The Kier molecular flexibility index (Phi) is 3.83. The van der Waals surface area contributed by atoms with Gasteiger partial charge in [-0.2, -0.15) is 13.2 Å². The van der Waals surface area contributed by atoms with Gasteiger partial charge in [0.15, 0.2) is 0 Å². The molecule has 0 unspecified atom stereocenters. The number of halogens is 5. The fourth-order valence-corrected chi connectivity index (χ4v) is 1.45. The molecular formula is C9H5Br2F3O. The third-order valence-electron chi connectivity index (χ3n) is 1.62. The molecule has 15 heavy (non-hydrogen) atoms. The van der Waals surface area contributed by atoms with E-state index in [2.05, 4.69) is 31.9 Å². The number of alkyl halides is 3. The van der Waals surface area contributed by atoms with Crippen molar-refractivity contribution in [2.75, 3.05) is 0 Å². The summed E-state index contributed by atoms with van der Waals surface area (Å²) in [5.74, 6) is -0.416. The number of phenolic OH excluding ortho intramolecular Hbond substituents is 1. The van der Waals surface area contributed by atoms with Crippen LogP contribution in [-0.4, -0.2) is 5.11 Å². The highest BCUT2D eigenvalue weighted by atomic mass is 79.9. The smallest absolute Gasteiger partial charge is 0.416 e. The summed E-state index contributed by atoms with van der Waals surface area (Å²) in [6.07, 6.45) is -2.99. The van der Waals surface area contributed by atoms with Crippen LogP contribution < -0.4 is 0 Å². The molecule has 0 aliphatic carbocycles. The Morgan fingerprint density at radius 2 is 1.87 bits per heavy atom. The largest absolute Gasteiger partial charge is 0.507 e. The van der Waals surface area contributed by atoms with Crippen LogP contribution in [0.4, 0.5) is 13.2 Å². The van der Waals surface area contributed by atoms with Gasteiger partial charge in [-0.25, -0.2) is 0 Å². The molecule has 1 N–H and O–H groups in total. The van der Waals surface area contributed by atoms with Crippen molar-refractivity contribution in [3.63, 3.8) is 0 Å². The second kappa shape index (κ2) is 4.57. The average Bonchev–Trinajstić information content (AvgIpc) is 2.05. The third-order valence-corrected chi connectivity index (χ3v) is 2.08. The van der Waals surface area contributed by atoms with Crippen LogP contribution in [0.5, 0.6) is 5.75 Å². The van der Waals surface area contributed by atoms with Gasteiger partial charge in [-0.05, 0) is 50.1 Å². The second-order valence-electron chi connectivity index (χ2n) is 2.71. The minimum Gasteiger partial charge on any atom is -0.507 e. The summed E-state index contributed by atoms with van der Waals surface area (Å²) in [7, 11) is 0. The van der Waals surface area contributed by atoms with E-state index in [1.54, 1.807) is 0 Å². The molecule has 0 atom stereocenters. The predicted molar refractivity (Wildman–Crippen MR) is 58.9 cm³/mol. The number of phenols is 1. The number of rotatable bonds is 1. The Balaban J connectivity index is 3.15. The second-order valence-corrected chi connectivity index (χ2v) is 5.48. The van der Waals surface area contributed by atoms with Crippen molar-refractivity contribution in [3.8, 4) is 5.75 Å². The summed E-state index contributed by atoms with van der Waals surface area (Å²) in [4.78, 5) is 0. The van der Waals surface area contributed by atoms with Gasteiger partial charge < -0.3 is 5.11 Å². The molecule has 0 amide bonds. The topological polar surface area (TPSA) is 20.2 Å². The van der Waals surface area contributed by atoms with Gasteiger partial charge in [0.25, 0.3) is 0 Å². The van der Waals surface area contributed by atoms with E-state index in [1.807, 2.05) is 0 Å². The van der Waals surface area contributed by atoms with Crippen molar-refractivity contribution >= 4 is 37.9 Å². The zero-order valence-corrected chi connectivity index (χ0v) is 10.3. The maximum absolute atomic E-state index is 12.2. The molecule has 0 aromatic heterocycles. The molecule has 0 fully saturated rings. The van der Waals surface area contributed by atoms with Crippen LogP contribution in [0, 0.1) is 0 Å². The van der Waals surface area contributed by atoms with E-state index >= 15 is 0 Å². The lowest BCUT2D eigenvalue weighted by Crippen LogP contribution is -2.04. The normalized spacial score (nSPS) is 11.3. The summed E-state index contributed by atoms with van der Waals surface area (Å²) in [5.41, 5.74) is -0.574. The van der Waals surface area contributed by atoms with Gasteiger partial charge >= 0.3 is 6.18 Å². The van der Waals surface area contributed by atoms with E-state index in [4.69, 9.17) is 0 Å². The van der Waals surface area contributed by atoms with Gasteiger partial charge in [0, 0.05) is 5.56 Å². The molecule has 0 aliphatic heterocycles. The van der Waals surface area contributed by atoms with Crippen molar-refractivity contribution in [1.82, 2.24) is 0 Å². The van der Waals surface area contributed by atoms with E-state index in [-0.39, 0.29) is 0 Å². The monoisotopic (exact) mass is 344 g/mol. The summed E-state index contributed by atoms with van der Waals surface area (Å²) >= 11 is 6.10. The Hall–Kier alpha value is -0.490. The van der Waals surface area contributed by atoms with Crippen LogP contribution >= 0.6 is 31.9 Å². The fourth-order valence-electron chi connectivity index (χ4n) is 0.960. The molecule has 0 saturated carbocycles. The molecule has 0 radical (unpaired) electrons. The Bertz CT molecular complexity index is 395. The first-order valence-electron chi connectivity index (χ1n) is 3.73. The third kappa shape index (κ3) is 3.53. The first-order valence-corrected chi connectivity index (χ1v) is 5.32. The molecule has 1 rings (SSSR count). The maximum Gasteiger partial charge on any atom is 0.416 e. The summed E-state index contributed by atoms with van der Waals surface area (Å²) in [6.45, 7) is 0. The molecule has 0 heterocycles. The van der Waals surface area contributed by atoms with E-state index in [1.165, 1.54) is 12.1 Å². The molecular weight excluding hydrogens is 341 g/mol. The zero-order chi connectivity index (χ0) is 11.6. The van der Waals surface area contributed by atoms with Crippen molar-refractivity contribution in [3.05, 3.63) is 32.7 Å². The van der Waals surface area contributed by atoms with Gasteiger partial charge in [-0.3, -0.25) is 0 Å². The predicted octanol–water partition coefficient (Wildman–Crippen LogP) is 4.50. The van der Waals surface area contributed by atoms with Crippen LogP contribution in [0.1, 0.15) is 11.1 Å². The summed E-state index contributed by atoms with van der Waals surface area (Å²) in [6, 6.07) is 2.80. The van der Waals surface area contributed by atoms with Gasteiger partial charge in [0.05, 0.1) is 8.96 Å². The first kappa shape index (κ1) is 12.6. The van der Waals surface area contributed by atoms with E-state index < -0.39 is 17.5 Å². The molecule has 6 heteroatoms. The minimum absolute atomic E-state index is 0.298. The molecule has 0 saturated heterocycles. The highest BCUT2D eigenvalue weighted by Gasteiger charge is 2.30. The standard InChI is InChI=1S/C9H5Br2F3O/c10-8(11)3-5-1-2-6(4-7(5)15)9(12,13)14/h1-4,15H. The van der Waals surface area contributed by atoms with Gasteiger partial charge in [-0.1, -0.05) is 6.07 Å². The highest BCUT2D eigenvalue weighted by molar-refractivity contribution is 9.28. The molecule has 0 bridgehead atoms. The van der Waals surface area contributed by atoms with E-state index in [0.29, 0.717) is 15.0 Å². The van der Waals surface area contributed by atoms with Crippen molar-refractivity contribution in [2.24, 2.45) is 0 Å². The maximum atomic E-state index is 12.2. The Labute approximate surface area is 101 Å². The molecule has 82 valence electrons. The SMILES string of the molecule is Oc1cc(C(F)(F)F)ccc1C=C(Br)Br. The lowest BCUT2D eigenvalue weighted by Gasteiger charge is -2.07. The molecule has 1 nitrogen and oxygen atoms in total. The molecule has 1 aromatic carbocycles. The van der Waals surface area contributed by atoms with E-state index in [9.17, 15) is 18.3 Å². The number of aromatic hydroxyl groups is 1. The first-order chi connectivity index (χ1) is 6.80. The van der Waals surface area contributed by atoms with Crippen LogP contribution in [0.15, 0.2) is 21.6 Å². The van der Waals surface area contributed by atoms with E-state index in [0.717, 1.165) is 6.07 Å². The number of hydrogen-bond donors (Lipinski definition) is 1. The highest BCUT2D eigenvalue weighted by Crippen LogP contribution is 2.33. The zero-order valence-electron chi connectivity index (χ0n) is 7.15. The fraction of sp³-hybridized carbons (Fsp3) is 0.111. The molecule has 0 spiro atoms. The lowest BCUT2D eigenvalue weighted by atomic mass is 10.1. The Morgan fingerprint density at radius 1 is 1.27 bits per heavy atom. The lowest BCUT2D eigenvalue weighted by molar-refractivity contribution is -0.137. The summed E-state index contributed by atoms with van der Waals surface area (Å²) in [5, 5.41) is 9.32. The van der Waals surface area contributed by atoms with Crippen LogP contribution in [0.3, 0.4) is 0 Å². The molecule has 1 aromatic rings. The van der Waals surface area contributed by atoms with Crippen LogP contribution in [0.2, 0.25) is 0 Å². The molecule has 0 aliphatic rings. The van der Waals surface area contributed by atoms with Crippen LogP contribution in [-0.2, 0) is 6.18 Å². The van der Waals surface area contributed by atoms with Crippen molar-refractivity contribution in [1.29, 1.82) is 0 Å². The quantitative estimate of drug-likeness (QED) is 0.794. The van der Waals surface area contributed by atoms with Crippen molar-refractivity contribution < 1.29 is 18.3 Å². The average molecular weight is 346 g/mol. The number of hydrogen-bond acceptors (Lipinski definition) is 1.